The normalized spacial score (nSPS) is 12.5. The molecular formula is C29H32Cl2F3N3O. The Labute approximate surface area is 232 Å². The van der Waals surface area contributed by atoms with E-state index in [4.69, 9.17) is 21.3 Å². The van der Waals surface area contributed by atoms with Gasteiger partial charge >= 0.3 is 6.18 Å². The number of anilines is 1. The highest BCUT2D eigenvalue weighted by Gasteiger charge is 2.31. The van der Waals surface area contributed by atoms with Crippen LogP contribution in [0.4, 0.5) is 18.9 Å². The molecule has 0 radical (unpaired) electrons. The van der Waals surface area contributed by atoms with Crippen molar-refractivity contribution in [2.24, 2.45) is 0 Å². The Bertz CT molecular complexity index is 1380. The minimum absolute atomic E-state index is 0. The summed E-state index contributed by atoms with van der Waals surface area (Å²) in [5.41, 5.74) is 2.17. The van der Waals surface area contributed by atoms with E-state index in [1.54, 1.807) is 25.3 Å². The Kier molecular flexibility index (Phi) is 10.1. The van der Waals surface area contributed by atoms with Crippen LogP contribution in [0.5, 0.6) is 5.75 Å². The molecule has 0 spiro atoms. The summed E-state index contributed by atoms with van der Waals surface area (Å²) in [6, 6.07) is 16.3. The van der Waals surface area contributed by atoms with Crippen LogP contribution in [-0.4, -0.2) is 36.6 Å². The second kappa shape index (κ2) is 12.9. The van der Waals surface area contributed by atoms with Gasteiger partial charge < -0.3 is 15.0 Å². The molecule has 204 valence electrons. The number of alkyl halides is 3. The summed E-state index contributed by atoms with van der Waals surface area (Å²) in [7, 11) is 1.60. The van der Waals surface area contributed by atoms with Crippen molar-refractivity contribution >= 4 is 51.5 Å². The van der Waals surface area contributed by atoms with Gasteiger partial charge in [-0.3, -0.25) is 0 Å². The summed E-state index contributed by atoms with van der Waals surface area (Å²) in [6.45, 7) is 6.95. The fraction of sp³-hybridized carbons (Fsp3) is 0.345. The topological polar surface area (TPSA) is 37.4 Å². The standard InChI is InChI=1S/C29H31ClF3N3O.ClH/c1-4-36(5-2)15-7-10-25(19-8-6-9-20(16-19)29(31,32)33)35-28-23-13-11-21(30)17-27(23)34-26-14-12-22(37-3)18-24(26)28;/h6,8-9,11-14,16-18,25H,4-5,7,10,15H2,1-3H3,(H,34,35);1H. The van der Waals surface area contributed by atoms with E-state index in [2.05, 4.69) is 24.1 Å². The fourth-order valence-corrected chi connectivity index (χ4v) is 4.83. The second-order valence-electron chi connectivity index (χ2n) is 9.02. The van der Waals surface area contributed by atoms with Gasteiger partial charge in [-0.1, -0.05) is 37.6 Å². The Morgan fingerprint density at radius 2 is 1.74 bits per heavy atom. The van der Waals surface area contributed by atoms with E-state index in [0.29, 0.717) is 28.3 Å². The number of nitrogens with one attached hydrogen (secondary N) is 1. The highest BCUT2D eigenvalue weighted by atomic mass is 35.5. The molecule has 38 heavy (non-hydrogen) atoms. The van der Waals surface area contributed by atoms with Crippen LogP contribution < -0.4 is 10.1 Å². The summed E-state index contributed by atoms with van der Waals surface area (Å²) in [5.74, 6) is 0.669. The van der Waals surface area contributed by atoms with E-state index in [9.17, 15) is 13.2 Å². The van der Waals surface area contributed by atoms with Crippen LogP contribution in [0.1, 0.15) is 43.9 Å². The number of nitrogens with zero attached hydrogens (tertiary/aromatic N) is 2. The van der Waals surface area contributed by atoms with Crippen molar-refractivity contribution in [1.29, 1.82) is 0 Å². The molecule has 4 nitrogen and oxygen atoms in total. The molecule has 1 aromatic heterocycles. The number of benzene rings is 3. The van der Waals surface area contributed by atoms with Crippen LogP contribution in [0.3, 0.4) is 0 Å². The number of fused-ring (bicyclic) bond motifs is 2. The predicted molar refractivity (Wildman–Crippen MR) is 153 cm³/mol. The van der Waals surface area contributed by atoms with E-state index >= 15 is 0 Å². The van der Waals surface area contributed by atoms with Crippen LogP contribution in [-0.2, 0) is 6.18 Å². The van der Waals surface area contributed by atoms with Gasteiger partial charge in [0.15, 0.2) is 0 Å². The first-order valence-electron chi connectivity index (χ1n) is 12.5. The van der Waals surface area contributed by atoms with E-state index in [0.717, 1.165) is 54.1 Å². The average Bonchev–Trinajstić information content (AvgIpc) is 2.89. The van der Waals surface area contributed by atoms with Crippen molar-refractivity contribution in [3.05, 3.63) is 76.8 Å². The maximum Gasteiger partial charge on any atom is 0.416 e. The Hall–Kier alpha value is -2.74. The molecule has 4 rings (SSSR count). The summed E-state index contributed by atoms with van der Waals surface area (Å²) >= 11 is 6.27. The van der Waals surface area contributed by atoms with E-state index in [-0.39, 0.29) is 18.4 Å². The van der Waals surface area contributed by atoms with Crippen LogP contribution in [0.15, 0.2) is 60.7 Å². The molecule has 0 saturated heterocycles. The lowest BCUT2D eigenvalue weighted by Gasteiger charge is -2.25. The predicted octanol–water partition coefficient (Wildman–Crippen LogP) is 8.77. The third-order valence-corrected chi connectivity index (χ3v) is 6.97. The number of halogens is 5. The van der Waals surface area contributed by atoms with Crippen LogP contribution >= 0.6 is 24.0 Å². The van der Waals surface area contributed by atoms with E-state index < -0.39 is 11.7 Å². The molecule has 0 aliphatic carbocycles. The molecule has 4 aromatic rings. The van der Waals surface area contributed by atoms with Gasteiger partial charge in [-0.05, 0) is 86.6 Å². The zero-order valence-corrected chi connectivity index (χ0v) is 23.2. The maximum absolute atomic E-state index is 13.6. The van der Waals surface area contributed by atoms with Gasteiger partial charge in [0.25, 0.3) is 0 Å². The van der Waals surface area contributed by atoms with Crippen molar-refractivity contribution < 1.29 is 17.9 Å². The van der Waals surface area contributed by atoms with Gasteiger partial charge in [-0.2, -0.15) is 13.2 Å². The van der Waals surface area contributed by atoms with Gasteiger partial charge in [0, 0.05) is 15.8 Å². The Morgan fingerprint density at radius 3 is 2.42 bits per heavy atom. The minimum atomic E-state index is -4.41. The first kappa shape index (κ1) is 29.8. The molecule has 0 amide bonds. The van der Waals surface area contributed by atoms with Crippen LogP contribution in [0.25, 0.3) is 21.8 Å². The third-order valence-electron chi connectivity index (χ3n) is 6.74. The molecule has 0 bridgehead atoms. The van der Waals surface area contributed by atoms with Crippen molar-refractivity contribution in [2.75, 3.05) is 32.1 Å². The maximum atomic E-state index is 13.6. The fourth-order valence-electron chi connectivity index (χ4n) is 4.67. The number of pyridine rings is 1. The highest BCUT2D eigenvalue weighted by molar-refractivity contribution is 6.31. The summed E-state index contributed by atoms with van der Waals surface area (Å²) in [5, 5.41) is 5.85. The molecule has 1 heterocycles. The molecule has 1 atom stereocenters. The molecule has 1 unspecified atom stereocenters. The van der Waals surface area contributed by atoms with Gasteiger partial charge in [0.1, 0.15) is 5.75 Å². The largest absolute Gasteiger partial charge is 0.497 e. The molecule has 0 aliphatic rings. The Balaban J connectivity index is 0.00000400. The second-order valence-corrected chi connectivity index (χ2v) is 9.46. The number of hydrogen-bond donors (Lipinski definition) is 1. The molecular weight excluding hydrogens is 534 g/mol. The van der Waals surface area contributed by atoms with Gasteiger partial charge in [-0.25, -0.2) is 4.98 Å². The monoisotopic (exact) mass is 565 g/mol. The number of rotatable bonds is 10. The van der Waals surface area contributed by atoms with Crippen molar-refractivity contribution in [2.45, 2.75) is 38.9 Å². The number of aromatic nitrogens is 1. The molecule has 0 fully saturated rings. The summed E-state index contributed by atoms with van der Waals surface area (Å²) in [6.07, 6.45) is -2.94. The molecule has 3 aromatic carbocycles. The average molecular weight is 566 g/mol. The van der Waals surface area contributed by atoms with Gasteiger partial charge in [-0.15, -0.1) is 12.4 Å². The zero-order chi connectivity index (χ0) is 26.6. The smallest absolute Gasteiger partial charge is 0.416 e. The molecule has 9 heteroatoms. The number of ether oxygens (including phenoxy) is 1. The van der Waals surface area contributed by atoms with Crippen molar-refractivity contribution in [3.8, 4) is 5.75 Å². The van der Waals surface area contributed by atoms with Crippen molar-refractivity contribution in [3.63, 3.8) is 0 Å². The van der Waals surface area contributed by atoms with Crippen molar-refractivity contribution in [1.82, 2.24) is 9.88 Å². The number of methoxy groups -OCH3 is 1. The summed E-state index contributed by atoms with van der Waals surface area (Å²) in [4.78, 5) is 7.09. The minimum Gasteiger partial charge on any atom is -0.497 e. The van der Waals surface area contributed by atoms with E-state index in [1.165, 1.54) is 12.1 Å². The molecule has 0 saturated carbocycles. The zero-order valence-electron chi connectivity index (χ0n) is 21.6. The SMILES string of the molecule is CCN(CC)CCCC(Nc1c2ccc(Cl)cc2nc2ccc(OC)cc12)c1cccc(C(F)(F)F)c1.Cl. The quantitative estimate of drug-likeness (QED) is 0.195. The molecule has 0 aliphatic heterocycles. The Morgan fingerprint density at radius 1 is 0.974 bits per heavy atom. The first-order chi connectivity index (χ1) is 17.7. The lowest BCUT2D eigenvalue weighted by molar-refractivity contribution is -0.137. The number of hydrogen-bond acceptors (Lipinski definition) is 4. The van der Waals surface area contributed by atoms with Crippen LogP contribution in [0, 0.1) is 0 Å². The van der Waals surface area contributed by atoms with Gasteiger partial charge in [0.05, 0.1) is 35.4 Å². The third kappa shape index (κ3) is 6.82. The summed E-state index contributed by atoms with van der Waals surface area (Å²) < 4.78 is 46.2. The van der Waals surface area contributed by atoms with Gasteiger partial charge in [0.2, 0.25) is 0 Å². The lowest BCUT2D eigenvalue weighted by Crippen LogP contribution is -2.25. The highest BCUT2D eigenvalue weighted by Crippen LogP contribution is 2.38. The van der Waals surface area contributed by atoms with E-state index in [1.807, 2.05) is 24.3 Å². The molecule has 1 N–H and O–H groups in total. The van der Waals surface area contributed by atoms with Crippen LogP contribution in [0.2, 0.25) is 5.02 Å². The first-order valence-corrected chi connectivity index (χ1v) is 12.8. The lowest BCUT2D eigenvalue weighted by atomic mass is 9.97.